The second-order valence-corrected chi connectivity index (χ2v) is 5.32. The molecule has 2 aromatic carbocycles. The van der Waals surface area contributed by atoms with Gasteiger partial charge in [-0.15, -0.1) is 10.2 Å². The summed E-state index contributed by atoms with van der Waals surface area (Å²) in [7, 11) is 0. The average Bonchev–Trinajstić information content (AvgIpc) is 3.16. The molecule has 0 fully saturated rings. The first-order valence-corrected chi connectivity index (χ1v) is 8.04. The van der Waals surface area contributed by atoms with Gasteiger partial charge in [-0.2, -0.15) is 0 Å². The highest BCUT2D eigenvalue weighted by Crippen LogP contribution is 2.28. The van der Waals surface area contributed by atoms with Crippen LogP contribution in [0.5, 0.6) is 5.75 Å². The highest BCUT2D eigenvalue weighted by atomic mass is 16.6. The number of carbonyl (C=O) groups excluding carboxylic acids is 1. The molecule has 3 aromatic rings. The number of esters is 1. The van der Waals surface area contributed by atoms with E-state index < -0.39 is 10.9 Å². The predicted octanol–water partition coefficient (Wildman–Crippen LogP) is 3.40. The maximum absolute atomic E-state index is 12.2. The van der Waals surface area contributed by atoms with Crippen molar-refractivity contribution in [2.24, 2.45) is 0 Å². The van der Waals surface area contributed by atoms with Gasteiger partial charge in [0.25, 0.3) is 5.89 Å². The molecule has 0 radical (unpaired) electrons. The van der Waals surface area contributed by atoms with Gasteiger partial charge < -0.3 is 13.9 Å². The summed E-state index contributed by atoms with van der Waals surface area (Å²) in [5, 5.41) is 18.8. The van der Waals surface area contributed by atoms with E-state index in [0.29, 0.717) is 5.89 Å². The molecule has 0 unspecified atom stereocenters. The number of carbonyl (C=O) groups is 1. The number of nitrogens with zero attached hydrogens (tertiary/aromatic N) is 3. The Balaban J connectivity index is 1.68. The van der Waals surface area contributed by atoms with Gasteiger partial charge in [0, 0.05) is 11.6 Å². The molecule has 0 saturated heterocycles. The Bertz CT molecular complexity index is 955. The van der Waals surface area contributed by atoms with Crippen LogP contribution in [-0.2, 0) is 11.3 Å². The summed E-state index contributed by atoms with van der Waals surface area (Å²) in [5.74, 6) is -0.245. The van der Waals surface area contributed by atoms with E-state index in [1.165, 1.54) is 12.1 Å². The van der Waals surface area contributed by atoms with Gasteiger partial charge in [0.05, 0.1) is 17.1 Å². The van der Waals surface area contributed by atoms with Crippen molar-refractivity contribution in [1.29, 1.82) is 0 Å². The molecule has 0 aliphatic rings. The smallest absolute Gasteiger partial charge is 0.338 e. The van der Waals surface area contributed by atoms with Crippen LogP contribution in [0, 0.1) is 10.1 Å². The minimum atomic E-state index is -0.749. The van der Waals surface area contributed by atoms with Crippen molar-refractivity contribution in [3.63, 3.8) is 0 Å². The molecule has 0 saturated carbocycles. The first-order chi connectivity index (χ1) is 13.1. The molecule has 0 aliphatic heterocycles. The average molecular weight is 369 g/mol. The Kier molecular flexibility index (Phi) is 5.41. The Hall–Kier alpha value is -3.75. The molecule has 0 spiro atoms. The monoisotopic (exact) mass is 369 g/mol. The molecule has 0 atom stereocenters. The van der Waals surface area contributed by atoms with Crippen LogP contribution < -0.4 is 4.74 Å². The van der Waals surface area contributed by atoms with Gasteiger partial charge in [-0.3, -0.25) is 10.1 Å². The fourth-order valence-corrected chi connectivity index (χ4v) is 2.28. The van der Waals surface area contributed by atoms with Gasteiger partial charge in [0.15, 0.2) is 12.4 Å². The Morgan fingerprint density at radius 3 is 2.67 bits per heavy atom. The van der Waals surface area contributed by atoms with Crippen molar-refractivity contribution in [2.45, 2.75) is 13.5 Å². The van der Waals surface area contributed by atoms with Crippen molar-refractivity contribution in [3.05, 3.63) is 70.1 Å². The lowest BCUT2D eigenvalue weighted by Gasteiger charge is -2.06. The Morgan fingerprint density at radius 2 is 1.96 bits per heavy atom. The lowest BCUT2D eigenvalue weighted by atomic mass is 10.2. The highest BCUT2D eigenvalue weighted by Gasteiger charge is 2.20. The van der Waals surface area contributed by atoms with Crippen LogP contribution in [0.25, 0.3) is 11.5 Å². The van der Waals surface area contributed by atoms with E-state index in [2.05, 4.69) is 10.2 Å². The van der Waals surface area contributed by atoms with Crippen LogP contribution in [0.15, 0.2) is 52.9 Å². The van der Waals surface area contributed by atoms with E-state index >= 15 is 0 Å². The number of nitro benzene ring substituents is 1. The second kappa shape index (κ2) is 8.09. The minimum Gasteiger partial charge on any atom is -0.487 e. The number of hydrogen-bond acceptors (Lipinski definition) is 8. The van der Waals surface area contributed by atoms with Crippen LogP contribution in [0.3, 0.4) is 0 Å². The van der Waals surface area contributed by atoms with Gasteiger partial charge >= 0.3 is 11.7 Å². The van der Waals surface area contributed by atoms with Crippen molar-refractivity contribution >= 4 is 11.7 Å². The molecule has 9 heteroatoms. The molecule has 3 rings (SSSR count). The number of nitro groups is 1. The highest BCUT2D eigenvalue weighted by molar-refractivity contribution is 5.90. The minimum absolute atomic E-state index is 0.0213. The lowest BCUT2D eigenvalue weighted by Crippen LogP contribution is -2.07. The number of aromatic nitrogens is 2. The molecular formula is C18H15N3O6. The first kappa shape index (κ1) is 18.1. The van der Waals surface area contributed by atoms with E-state index in [4.69, 9.17) is 13.9 Å². The number of ether oxygens (including phenoxy) is 2. The lowest BCUT2D eigenvalue weighted by molar-refractivity contribution is -0.385. The molecule has 0 amide bonds. The fourth-order valence-electron chi connectivity index (χ4n) is 2.28. The number of rotatable bonds is 7. The van der Waals surface area contributed by atoms with Gasteiger partial charge in [-0.05, 0) is 31.2 Å². The summed E-state index contributed by atoms with van der Waals surface area (Å²) in [6, 6.07) is 13.0. The van der Waals surface area contributed by atoms with Crippen molar-refractivity contribution in [2.75, 3.05) is 6.61 Å². The van der Waals surface area contributed by atoms with E-state index in [1.54, 1.807) is 6.92 Å². The zero-order valence-corrected chi connectivity index (χ0v) is 14.3. The quantitative estimate of drug-likeness (QED) is 0.353. The van der Waals surface area contributed by atoms with Gasteiger partial charge in [0.2, 0.25) is 5.89 Å². The molecule has 9 nitrogen and oxygen atoms in total. The van der Waals surface area contributed by atoms with Crippen LogP contribution >= 0.6 is 0 Å². The normalized spacial score (nSPS) is 10.4. The third-order valence-corrected chi connectivity index (χ3v) is 3.51. The summed E-state index contributed by atoms with van der Waals surface area (Å²) < 4.78 is 15.7. The van der Waals surface area contributed by atoms with Crippen molar-refractivity contribution in [1.82, 2.24) is 10.2 Å². The summed E-state index contributed by atoms with van der Waals surface area (Å²) in [6.07, 6.45) is 0. The molecule has 27 heavy (non-hydrogen) atoms. The summed E-state index contributed by atoms with van der Waals surface area (Å²) in [6.45, 7) is 1.73. The molecule has 0 N–H and O–H groups in total. The first-order valence-electron chi connectivity index (χ1n) is 8.04. The third kappa shape index (κ3) is 4.27. The Morgan fingerprint density at radius 1 is 1.19 bits per heavy atom. The SMILES string of the molecule is CCOc1ccc(C(=O)OCc2nnc(-c3ccccc3)o2)cc1[N+](=O)[O-]. The van der Waals surface area contributed by atoms with Gasteiger partial charge in [0.1, 0.15) is 0 Å². The number of hydrogen-bond donors (Lipinski definition) is 0. The third-order valence-electron chi connectivity index (χ3n) is 3.51. The maximum Gasteiger partial charge on any atom is 0.338 e. The molecule has 0 aliphatic carbocycles. The van der Waals surface area contributed by atoms with E-state index in [-0.39, 0.29) is 36.1 Å². The van der Waals surface area contributed by atoms with E-state index in [0.717, 1.165) is 11.6 Å². The molecule has 138 valence electrons. The van der Waals surface area contributed by atoms with E-state index in [9.17, 15) is 14.9 Å². The zero-order chi connectivity index (χ0) is 19.2. The van der Waals surface area contributed by atoms with Crippen molar-refractivity contribution < 1.29 is 23.6 Å². The van der Waals surface area contributed by atoms with Crippen LogP contribution in [-0.4, -0.2) is 27.7 Å². The van der Waals surface area contributed by atoms with Crippen LogP contribution in [0.1, 0.15) is 23.2 Å². The zero-order valence-electron chi connectivity index (χ0n) is 14.3. The topological polar surface area (TPSA) is 118 Å². The van der Waals surface area contributed by atoms with Gasteiger partial charge in [-0.25, -0.2) is 4.79 Å². The van der Waals surface area contributed by atoms with E-state index in [1.807, 2.05) is 30.3 Å². The molecule has 0 bridgehead atoms. The standard InChI is InChI=1S/C18H15N3O6/c1-2-25-15-9-8-13(10-14(15)21(23)24)18(22)26-11-16-19-20-17(27-16)12-6-4-3-5-7-12/h3-10H,2,11H2,1H3. The second-order valence-electron chi connectivity index (χ2n) is 5.32. The molecule has 1 aromatic heterocycles. The summed E-state index contributed by atoms with van der Waals surface area (Å²) in [5.41, 5.74) is 0.452. The van der Waals surface area contributed by atoms with Crippen LogP contribution in [0.2, 0.25) is 0 Å². The van der Waals surface area contributed by atoms with Crippen LogP contribution in [0.4, 0.5) is 5.69 Å². The van der Waals surface area contributed by atoms with Gasteiger partial charge in [-0.1, -0.05) is 18.2 Å². The molecular weight excluding hydrogens is 354 g/mol. The summed E-state index contributed by atoms with van der Waals surface area (Å²) >= 11 is 0. The van der Waals surface area contributed by atoms with Crippen molar-refractivity contribution in [3.8, 4) is 17.2 Å². The number of benzene rings is 2. The summed E-state index contributed by atoms with van der Waals surface area (Å²) in [4.78, 5) is 22.7. The fraction of sp³-hybridized carbons (Fsp3) is 0.167. The Labute approximate surface area is 153 Å². The molecule has 1 heterocycles. The maximum atomic E-state index is 12.2. The largest absolute Gasteiger partial charge is 0.487 e. The predicted molar refractivity (Wildman–Crippen MR) is 93.1 cm³/mol.